The summed E-state index contributed by atoms with van der Waals surface area (Å²) in [5.74, 6) is 0.0965. The smallest absolute Gasteiger partial charge is 0.220 e. The second kappa shape index (κ2) is 6.62. The van der Waals surface area contributed by atoms with Crippen molar-refractivity contribution in [2.45, 2.75) is 44.7 Å². The molecule has 2 aromatic carbocycles. The molecule has 4 heteroatoms. The van der Waals surface area contributed by atoms with Gasteiger partial charge in [0.25, 0.3) is 0 Å². The van der Waals surface area contributed by atoms with Crippen LogP contribution in [0.3, 0.4) is 0 Å². The van der Waals surface area contributed by atoms with Gasteiger partial charge in [0.2, 0.25) is 5.91 Å². The van der Waals surface area contributed by atoms with Gasteiger partial charge in [0.05, 0.1) is 6.04 Å². The van der Waals surface area contributed by atoms with Gasteiger partial charge >= 0.3 is 0 Å². The minimum Gasteiger partial charge on any atom is -0.349 e. The number of rotatable bonds is 4. The molecule has 2 heterocycles. The molecule has 1 fully saturated rings. The molecule has 1 amide bonds. The van der Waals surface area contributed by atoms with Crippen molar-refractivity contribution >= 4 is 23.1 Å². The van der Waals surface area contributed by atoms with Crippen molar-refractivity contribution in [2.75, 3.05) is 0 Å². The van der Waals surface area contributed by atoms with Crippen LogP contribution < -0.4 is 5.32 Å². The Morgan fingerprint density at radius 1 is 1.04 bits per heavy atom. The number of nitrogens with one attached hydrogen (secondary N) is 1. The molecule has 28 heavy (non-hydrogen) atoms. The van der Waals surface area contributed by atoms with E-state index in [0.29, 0.717) is 12.8 Å². The third-order valence-electron chi connectivity index (χ3n) is 6.71. The van der Waals surface area contributed by atoms with E-state index in [4.69, 9.17) is 0 Å². The molecule has 1 aromatic heterocycles. The first-order chi connectivity index (χ1) is 13.7. The van der Waals surface area contributed by atoms with Crippen LogP contribution in [0.5, 0.6) is 0 Å². The molecule has 0 unspecified atom stereocenters. The van der Waals surface area contributed by atoms with Gasteiger partial charge in [-0.2, -0.15) is 0 Å². The first-order valence-electron chi connectivity index (χ1n) is 10.1. The number of aldehydes is 1. The van der Waals surface area contributed by atoms with E-state index in [1.165, 1.54) is 27.7 Å². The number of hydrogen-bond acceptors (Lipinski definition) is 2. The minimum atomic E-state index is -0.148. The molecule has 3 aromatic rings. The molecule has 0 spiro atoms. The highest BCUT2D eigenvalue weighted by molar-refractivity contribution is 5.88. The number of benzene rings is 2. The normalized spacial score (nSPS) is 23.7. The molecular weight excluding hydrogens is 348 g/mol. The molecule has 1 aliphatic heterocycles. The number of para-hydroxylation sites is 1. The maximum absolute atomic E-state index is 12.3. The highest BCUT2D eigenvalue weighted by Gasteiger charge is 2.48. The second-order valence-corrected chi connectivity index (χ2v) is 8.18. The van der Waals surface area contributed by atoms with Crippen LogP contribution in [-0.2, 0) is 22.6 Å². The minimum absolute atomic E-state index is 0.0791. The zero-order valence-corrected chi connectivity index (χ0v) is 15.9. The van der Waals surface area contributed by atoms with Crippen LogP contribution in [0.2, 0.25) is 0 Å². The lowest BCUT2D eigenvalue weighted by Crippen LogP contribution is -2.49. The molecule has 1 N–H and O–H groups in total. The van der Waals surface area contributed by atoms with Gasteiger partial charge in [0.1, 0.15) is 6.29 Å². The van der Waals surface area contributed by atoms with Crippen LogP contribution in [0.15, 0.2) is 54.6 Å². The van der Waals surface area contributed by atoms with E-state index in [2.05, 4.69) is 58.4 Å². The average molecular weight is 372 g/mol. The number of amides is 1. The molecule has 1 saturated heterocycles. The summed E-state index contributed by atoms with van der Waals surface area (Å²) in [6.45, 7) is 0.817. The molecular formula is C24H24N2O2. The fourth-order valence-electron chi connectivity index (χ4n) is 5.32. The Morgan fingerprint density at radius 3 is 2.61 bits per heavy atom. The number of carbonyl (C=O) groups excluding carboxylic acids is 2. The summed E-state index contributed by atoms with van der Waals surface area (Å²) in [4.78, 5) is 23.8. The number of hydrogen-bond donors (Lipinski definition) is 1. The lowest BCUT2D eigenvalue weighted by atomic mass is 9.63. The van der Waals surface area contributed by atoms with Gasteiger partial charge in [0.15, 0.2) is 0 Å². The highest BCUT2D eigenvalue weighted by atomic mass is 16.1. The van der Waals surface area contributed by atoms with Crippen LogP contribution in [0.1, 0.15) is 48.5 Å². The van der Waals surface area contributed by atoms with Gasteiger partial charge in [-0.1, -0.05) is 48.5 Å². The number of carbonyl (C=O) groups is 2. The van der Waals surface area contributed by atoms with Crippen LogP contribution >= 0.6 is 0 Å². The third-order valence-corrected chi connectivity index (χ3v) is 6.71. The fourth-order valence-corrected chi connectivity index (χ4v) is 5.32. The second-order valence-electron chi connectivity index (χ2n) is 8.18. The van der Waals surface area contributed by atoms with Gasteiger partial charge in [-0.15, -0.1) is 0 Å². The van der Waals surface area contributed by atoms with Crippen molar-refractivity contribution in [2.24, 2.45) is 5.41 Å². The van der Waals surface area contributed by atoms with Crippen molar-refractivity contribution in [3.8, 4) is 0 Å². The maximum atomic E-state index is 12.3. The summed E-state index contributed by atoms with van der Waals surface area (Å²) in [5.41, 5.74) is 4.86. The van der Waals surface area contributed by atoms with Crippen LogP contribution in [0, 0.1) is 5.41 Å². The van der Waals surface area contributed by atoms with Gasteiger partial charge in [-0.05, 0) is 30.9 Å². The Balaban J connectivity index is 1.70. The molecule has 2 atom stereocenters. The quantitative estimate of drug-likeness (QED) is 0.699. The zero-order chi connectivity index (χ0) is 19.1. The van der Waals surface area contributed by atoms with Crippen molar-refractivity contribution in [3.63, 3.8) is 0 Å². The predicted molar refractivity (Wildman–Crippen MR) is 109 cm³/mol. The van der Waals surface area contributed by atoms with Crippen LogP contribution in [0.4, 0.5) is 0 Å². The van der Waals surface area contributed by atoms with Crippen molar-refractivity contribution in [3.05, 3.63) is 71.4 Å². The van der Waals surface area contributed by atoms with Crippen LogP contribution in [-0.4, -0.2) is 16.8 Å². The average Bonchev–Trinajstić information content (AvgIpc) is 3.04. The summed E-state index contributed by atoms with van der Waals surface area (Å²) in [6, 6.07) is 18.9. The number of piperidine rings is 1. The van der Waals surface area contributed by atoms with Crippen LogP contribution in [0.25, 0.3) is 10.9 Å². The molecule has 142 valence electrons. The molecule has 0 bridgehead atoms. The molecule has 0 saturated carbocycles. The van der Waals surface area contributed by atoms with E-state index in [1.807, 2.05) is 6.07 Å². The largest absolute Gasteiger partial charge is 0.349 e. The fraction of sp³-hybridized carbons (Fsp3) is 0.333. The summed E-state index contributed by atoms with van der Waals surface area (Å²) in [7, 11) is 0. The highest BCUT2D eigenvalue weighted by Crippen LogP contribution is 2.53. The number of nitrogens with zero attached hydrogens (tertiary/aromatic N) is 1. The lowest BCUT2D eigenvalue weighted by Gasteiger charge is -2.47. The molecule has 4 nitrogen and oxygen atoms in total. The van der Waals surface area contributed by atoms with E-state index < -0.39 is 0 Å². The Hall–Kier alpha value is -2.88. The number of fused-ring (bicyclic) bond motifs is 5. The predicted octanol–water partition coefficient (Wildman–Crippen LogP) is 4.16. The SMILES string of the molecule is O=CC[C@@]12CCC(=O)N[C@@H]1c1c(n(Cc3ccccc3)c3ccccc13)CC2. The maximum Gasteiger partial charge on any atom is 0.220 e. The van der Waals surface area contributed by atoms with E-state index in [-0.39, 0.29) is 17.4 Å². The Labute approximate surface area is 164 Å². The lowest BCUT2D eigenvalue weighted by molar-refractivity contribution is -0.128. The van der Waals surface area contributed by atoms with Crippen molar-refractivity contribution < 1.29 is 9.59 Å². The Morgan fingerprint density at radius 2 is 1.79 bits per heavy atom. The van der Waals surface area contributed by atoms with E-state index in [0.717, 1.165) is 32.1 Å². The molecule has 1 aliphatic carbocycles. The van der Waals surface area contributed by atoms with Gasteiger partial charge in [-0.3, -0.25) is 4.79 Å². The van der Waals surface area contributed by atoms with Crippen molar-refractivity contribution in [1.82, 2.24) is 9.88 Å². The Bertz CT molecular complexity index is 1050. The van der Waals surface area contributed by atoms with E-state index >= 15 is 0 Å². The molecule has 2 aliphatic rings. The summed E-state index contributed by atoms with van der Waals surface area (Å²) < 4.78 is 2.41. The van der Waals surface area contributed by atoms with Crippen molar-refractivity contribution in [1.29, 1.82) is 0 Å². The standard InChI is InChI=1S/C24H24N2O2/c27-15-14-24-12-10-20-22(23(24)25-21(28)11-13-24)18-8-4-5-9-19(18)26(20)16-17-6-2-1-3-7-17/h1-9,15,23H,10-14,16H2,(H,25,28)/t23-,24-/m1/s1. The third kappa shape index (κ3) is 2.59. The van der Waals surface area contributed by atoms with E-state index in [1.54, 1.807) is 0 Å². The summed E-state index contributed by atoms with van der Waals surface area (Å²) >= 11 is 0. The van der Waals surface area contributed by atoms with E-state index in [9.17, 15) is 9.59 Å². The molecule has 5 rings (SSSR count). The number of aromatic nitrogens is 1. The van der Waals surface area contributed by atoms with Gasteiger partial charge in [0, 0.05) is 47.0 Å². The van der Waals surface area contributed by atoms with Gasteiger partial charge in [-0.25, -0.2) is 0 Å². The first-order valence-corrected chi connectivity index (χ1v) is 10.1. The monoisotopic (exact) mass is 372 g/mol. The topological polar surface area (TPSA) is 51.1 Å². The Kier molecular flexibility index (Phi) is 4.08. The van der Waals surface area contributed by atoms with Gasteiger partial charge < -0.3 is 14.7 Å². The first kappa shape index (κ1) is 17.2. The summed E-state index contributed by atoms with van der Waals surface area (Å²) in [5, 5.41) is 4.46. The zero-order valence-electron chi connectivity index (χ0n) is 15.9. The summed E-state index contributed by atoms with van der Waals surface area (Å²) in [6.07, 6.45) is 4.74. The molecule has 0 radical (unpaired) electrons.